The summed E-state index contributed by atoms with van der Waals surface area (Å²) in [4.78, 5) is 36.6. The maximum Gasteiger partial charge on any atom is 0.261 e. The third-order valence-electron chi connectivity index (χ3n) is 5.47. The van der Waals surface area contributed by atoms with Gasteiger partial charge in [0.05, 0.1) is 21.7 Å². The number of hydrogen-bond acceptors (Lipinski definition) is 7. The molecule has 0 bridgehead atoms. The Kier molecular flexibility index (Phi) is 5.06. The van der Waals surface area contributed by atoms with Crippen molar-refractivity contribution in [3.63, 3.8) is 0 Å². The van der Waals surface area contributed by atoms with E-state index in [2.05, 4.69) is 4.72 Å². The molecule has 1 aromatic rings. The van der Waals surface area contributed by atoms with Gasteiger partial charge in [-0.15, -0.1) is 0 Å². The summed E-state index contributed by atoms with van der Waals surface area (Å²) >= 11 is 6.11. The third-order valence-corrected chi connectivity index (χ3v) is 7.23. The normalized spacial score (nSPS) is 27.5. The van der Waals surface area contributed by atoms with E-state index >= 15 is 0 Å². The van der Waals surface area contributed by atoms with E-state index in [1.165, 1.54) is 42.5 Å². The Hall–Kier alpha value is -3.24. The van der Waals surface area contributed by atoms with Gasteiger partial charge in [-0.1, -0.05) is 23.8 Å². The number of anilines is 1. The number of allylic oxidation sites excluding steroid dienone is 7. The summed E-state index contributed by atoms with van der Waals surface area (Å²) in [6, 6.07) is 5.31. The molecule has 1 saturated carbocycles. The fourth-order valence-corrected chi connectivity index (χ4v) is 5.45. The molecule has 3 aliphatic rings. The number of nitrogens with zero attached hydrogens (tertiary/aromatic N) is 1. The first-order valence-electron chi connectivity index (χ1n) is 9.11. The Morgan fingerprint density at radius 1 is 1.03 bits per heavy atom. The van der Waals surface area contributed by atoms with Gasteiger partial charge in [-0.25, -0.2) is 8.42 Å². The number of carbonyl (C=O) groups is 2. The van der Waals surface area contributed by atoms with Crippen molar-refractivity contribution in [3.05, 3.63) is 80.4 Å². The van der Waals surface area contributed by atoms with Gasteiger partial charge in [0.25, 0.3) is 15.7 Å². The van der Waals surface area contributed by atoms with E-state index in [1.807, 2.05) is 0 Å². The van der Waals surface area contributed by atoms with Gasteiger partial charge in [0.1, 0.15) is 17.5 Å². The molecular weight excluding hydrogens is 448 g/mol. The molecule has 31 heavy (non-hydrogen) atoms. The monoisotopic (exact) mass is 462 g/mol. The predicted octanol–water partition coefficient (Wildman–Crippen LogP) is 2.50. The molecule has 0 radical (unpaired) electrons. The smallest absolute Gasteiger partial charge is 0.261 e. The molecule has 2 N–H and O–H groups in total. The van der Waals surface area contributed by atoms with Gasteiger partial charge in [-0.2, -0.15) is 0 Å². The molecule has 1 aromatic carbocycles. The fraction of sp³-hybridized carbons (Fsp3) is 0.200. The highest BCUT2D eigenvalue weighted by atomic mass is 35.5. The summed E-state index contributed by atoms with van der Waals surface area (Å²) in [5.74, 6) is -5.82. The number of fused-ring (bicyclic) bond motifs is 2. The molecule has 3 aliphatic carbocycles. The highest BCUT2D eigenvalue weighted by molar-refractivity contribution is 7.96. The van der Waals surface area contributed by atoms with Crippen molar-refractivity contribution in [1.29, 1.82) is 0 Å². The maximum absolute atomic E-state index is 13.2. The molecule has 0 unspecified atom stereocenters. The van der Waals surface area contributed by atoms with Crippen LogP contribution in [0.1, 0.15) is 0 Å². The van der Waals surface area contributed by atoms with Crippen LogP contribution in [0.15, 0.2) is 70.3 Å². The number of nitro groups is 1. The van der Waals surface area contributed by atoms with Crippen LogP contribution < -0.4 is 4.72 Å². The van der Waals surface area contributed by atoms with Gasteiger partial charge in [0.2, 0.25) is 0 Å². The number of phenols is 1. The molecule has 4 atom stereocenters. The molecule has 0 aromatic heterocycles. The molecule has 0 spiro atoms. The van der Waals surface area contributed by atoms with E-state index < -0.39 is 55.9 Å². The van der Waals surface area contributed by atoms with Crippen molar-refractivity contribution in [3.8, 4) is 5.75 Å². The largest absolute Gasteiger partial charge is 0.508 e. The van der Waals surface area contributed by atoms with Crippen LogP contribution >= 0.6 is 11.6 Å². The number of nitrogens with one attached hydrogen (secondary N) is 1. The number of sulfonamides is 1. The van der Waals surface area contributed by atoms with Gasteiger partial charge in [0.15, 0.2) is 5.78 Å². The Morgan fingerprint density at radius 2 is 1.68 bits per heavy atom. The number of carbonyl (C=O) groups excluding carboxylic acids is 2. The summed E-state index contributed by atoms with van der Waals surface area (Å²) in [7, 11) is -4.12. The number of Topliss-reactive ketones (excluding diaryl/α,β-unsaturated/α-hetero) is 2. The van der Waals surface area contributed by atoms with Crippen LogP contribution in [0.5, 0.6) is 5.75 Å². The molecule has 1 fully saturated rings. The van der Waals surface area contributed by atoms with Crippen molar-refractivity contribution in [2.75, 3.05) is 4.72 Å². The van der Waals surface area contributed by atoms with E-state index in [0.29, 0.717) is 0 Å². The molecule has 0 aliphatic heterocycles. The second-order valence-corrected chi connectivity index (χ2v) is 9.41. The average Bonchev–Trinajstić information content (AvgIpc) is 2.72. The van der Waals surface area contributed by atoms with Crippen molar-refractivity contribution < 1.29 is 28.0 Å². The Bertz CT molecular complexity index is 1230. The van der Waals surface area contributed by atoms with Gasteiger partial charge >= 0.3 is 0 Å². The lowest BCUT2D eigenvalue weighted by Gasteiger charge is -2.37. The predicted molar refractivity (Wildman–Crippen MR) is 111 cm³/mol. The number of hydrogen-bond donors (Lipinski definition) is 2. The van der Waals surface area contributed by atoms with E-state index in [4.69, 9.17) is 11.6 Å². The fourth-order valence-electron chi connectivity index (χ4n) is 4.01. The highest BCUT2D eigenvalue weighted by Crippen LogP contribution is 2.46. The molecule has 0 saturated heterocycles. The maximum atomic E-state index is 13.2. The molecule has 0 amide bonds. The first kappa shape index (κ1) is 21.0. The van der Waals surface area contributed by atoms with Crippen LogP contribution in [0.25, 0.3) is 0 Å². The molecule has 4 rings (SSSR count). The molecule has 0 heterocycles. The Balaban J connectivity index is 1.69. The minimum absolute atomic E-state index is 0.0391. The summed E-state index contributed by atoms with van der Waals surface area (Å²) in [6.07, 6.45) is 6.03. The minimum Gasteiger partial charge on any atom is -0.508 e. The van der Waals surface area contributed by atoms with Gasteiger partial charge in [-0.05, 0) is 36.4 Å². The molecule has 160 valence electrons. The van der Waals surface area contributed by atoms with E-state index in [9.17, 15) is 33.2 Å². The minimum atomic E-state index is -4.12. The second-order valence-electron chi connectivity index (χ2n) is 7.29. The summed E-state index contributed by atoms with van der Waals surface area (Å²) in [6.45, 7) is 0. The van der Waals surface area contributed by atoms with Crippen molar-refractivity contribution >= 4 is 38.9 Å². The number of halogens is 1. The van der Waals surface area contributed by atoms with Crippen LogP contribution in [0.4, 0.5) is 5.69 Å². The summed E-state index contributed by atoms with van der Waals surface area (Å²) in [5, 5.41) is 20.8. The lowest BCUT2D eigenvalue weighted by molar-refractivity contribution is -0.433. The van der Waals surface area contributed by atoms with Gasteiger partial charge in [-0.3, -0.25) is 24.4 Å². The lowest BCUT2D eigenvalue weighted by Crippen LogP contribution is -2.49. The van der Waals surface area contributed by atoms with Crippen LogP contribution in [-0.2, 0) is 19.6 Å². The van der Waals surface area contributed by atoms with Crippen molar-refractivity contribution in [1.82, 2.24) is 0 Å². The topological polar surface area (TPSA) is 144 Å². The SMILES string of the molecule is O=C1[C@@H]2C([N+](=O)[O-])=CC=C(Cl)[C@H]2C(=O)[C@@H]2C=CC(S(=O)(=O)Nc3ccc(O)cc3)=C[C@H]12. The first-order chi connectivity index (χ1) is 14.6. The molecule has 9 nitrogen and oxygen atoms in total. The number of rotatable bonds is 4. The van der Waals surface area contributed by atoms with Gasteiger partial charge < -0.3 is 5.11 Å². The lowest BCUT2D eigenvalue weighted by atomic mass is 9.63. The zero-order valence-electron chi connectivity index (χ0n) is 15.6. The Morgan fingerprint density at radius 3 is 2.32 bits per heavy atom. The molecule has 11 heteroatoms. The quantitative estimate of drug-likeness (QED) is 0.397. The Labute approximate surface area is 181 Å². The third kappa shape index (κ3) is 3.57. The van der Waals surface area contributed by atoms with Gasteiger partial charge in [0, 0.05) is 22.7 Å². The second kappa shape index (κ2) is 7.47. The summed E-state index contributed by atoms with van der Waals surface area (Å²) in [5.41, 5.74) is -0.260. The number of aromatic hydroxyl groups is 1. The zero-order valence-corrected chi connectivity index (χ0v) is 17.2. The number of benzene rings is 1. The van der Waals surface area contributed by atoms with Crippen molar-refractivity contribution in [2.45, 2.75) is 0 Å². The average molecular weight is 463 g/mol. The van der Waals surface area contributed by atoms with Crippen LogP contribution in [0.2, 0.25) is 0 Å². The van der Waals surface area contributed by atoms with E-state index in [-0.39, 0.29) is 21.4 Å². The first-order valence-corrected chi connectivity index (χ1v) is 11.0. The molecular formula is C20H15ClN2O7S. The standard InChI is InChI=1S/C20H15ClN2O7S/c21-15-7-8-16(23(27)28)18-17(15)19(25)13-6-5-12(9-14(13)20(18)26)31(29,30)22-10-1-3-11(24)4-2-10/h1-9,13-14,17-18,22,24H/t13-,14+,17-,18-/m1/s1. The number of ketones is 2. The van der Waals surface area contributed by atoms with Crippen LogP contribution in [0.3, 0.4) is 0 Å². The van der Waals surface area contributed by atoms with Crippen molar-refractivity contribution in [2.24, 2.45) is 23.7 Å². The highest BCUT2D eigenvalue weighted by Gasteiger charge is 2.55. The zero-order chi connectivity index (χ0) is 22.5. The van der Waals surface area contributed by atoms with Crippen LogP contribution in [0, 0.1) is 33.8 Å². The number of phenolic OH excluding ortho intramolecular Hbond substituents is 1. The summed E-state index contributed by atoms with van der Waals surface area (Å²) < 4.78 is 27.9. The van der Waals surface area contributed by atoms with Crippen LogP contribution in [-0.4, -0.2) is 30.0 Å². The van der Waals surface area contributed by atoms with E-state index in [1.54, 1.807) is 0 Å². The van der Waals surface area contributed by atoms with E-state index in [0.717, 1.165) is 12.2 Å².